The zero-order chi connectivity index (χ0) is 14.0. The third kappa shape index (κ3) is 3.11. The number of carbonyl (C=O) groups is 1. The Morgan fingerprint density at radius 3 is 2.84 bits per heavy atom. The van der Waals surface area contributed by atoms with Crippen LogP contribution in [-0.4, -0.2) is 23.0 Å². The highest BCUT2D eigenvalue weighted by Gasteiger charge is 2.26. The first-order valence-electron chi connectivity index (χ1n) is 6.36. The summed E-state index contributed by atoms with van der Waals surface area (Å²) < 4.78 is 1.09. The summed E-state index contributed by atoms with van der Waals surface area (Å²) in [7, 11) is 0. The average molecular weight is 277 g/mol. The molecule has 19 heavy (non-hydrogen) atoms. The molecule has 1 aromatic carbocycles. The van der Waals surface area contributed by atoms with Crippen molar-refractivity contribution in [1.29, 1.82) is 0 Å². The number of thiazole rings is 1. The van der Waals surface area contributed by atoms with Gasteiger partial charge < -0.3 is 10.6 Å². The fourth-order valence-electron chi connectivity index (χ4n) is 1.93. The maximum atomic E-state index is 12.2. The van der Waals surface area contributed by atoms with E-state index in [1.165, 1.54) is 0 Å². The van der Waals surface area contributed by atoms with Crippen LogP contribution < -0.4 is 10.6 Å². The van der Waals surface area contributed by atoms with Crippen LogP contribution in [0.2, 0.25) is 0 Å². The summed E-state index contributed by atoms with van der Waals surface area (Å²) in [4.78, 5) is 16.6. The molecule has 1 amide bonds. The normalized spacial score (nSPS) is 11.8. The quantitative estimate of drug-likeness (QED) is 0.903. The van der Waals surface area contributed by atoms with Gasteiger partial charge in [0.15, 0.2) is 0 Å². The molecule has 2 N–H and O–H groups in total. The maximum Gasteiger partial charge on any atom is 0.244 e. The van der Waals surface area contributed by atoms with Gasteiger partial charge in [-0.3, -0.25) is 4.79 Å². The van der Waals surface area contributed by atoms with Crippen LogP contribution >= 0.6 is 11.3 Å². The van der Waals surface area contributed by atoms with E-state index in [2.05, 4.69) is 15.6 Å². The Hall–Kier alpha value is -1.46. The summed E-state index contributed by atoms with van der Waals surface area (Å²) in [5, 5.41) is 7.14. The predicted molar refractivity (Wildman–Crippen MR) is 80.7 cm³/mol. The molecule has 1 heterocycles. The minimum absolute atomic E-state index is 0.0325. The zero-order valence-electron chi connectivity index (χ0n) is 11.7. The Labute approximate surface area is 117 Å². The molecule has 0 atom stereocenters. The number of aromatic nitrogens is 1. The third-order valence-corrected chi connectivity index (χ3v) is 3.87. The lowest BCUT2D eigenvalue weighted by atomic mass is 10.0. The number of nitrogens with zero attached hydrogens (tertiary/aromatic N) is 1. The van der Waals surface area contributed by atoms with E-state index in [1.54, 1.807) is 11.3 Å². The smallest absolute Gasteiger partial charge is 0.244 e. The number of anilines is 1. The SMILES string of the molecule is CCNC(C)(C)C(=O)Nc1ccc2nc(C)sc2c1. The van der Waals surface area contributed by atoms with Gasteiger partial charge in [-0.1, -0.05) is 6.92 Å². The molecule has 4 nitrogen and oxygen atoms in total. The number of nitrogens with one attached hydrogen (secondary N) is 2. The Bertz CT molecular complexity index is 604. The van der Waals surface area contributed by atoms with E-state index >= 15 is 0 Å². The summed E-state index contributed by atoms with van der Waals surface area (Å²) in [5.74, 6) is -0.0325. The molecule has 2 rings (SSSR count). The number of fused-ring (bicyclic) bond motifs is 1. The van der Waals surface area contributed by atoms with Crippen molar-refractivity contribution in [2.45, 2.75) is 33.2 Å². The van der Waals surface area contributed by atoms with Gasteiger partial charge in [-0.15, -0.1) is 11.3 Å². The average Bonchev–Trinajstić information content (AvgIpc) is 2.68. The number of aryl methyl sites for hydroxylation is 1. The van der Waals surface area contributed by atoms with Crippen molar-refractivity contribution in [3.05, 3.63) is 23.2 Å². The lowest BCUT2D eigenvalue weighted by molar-refractivity contribution is -0.121. The molecule has 0 spiro atoms. The highest BCUT2D eigenvalue weighted by atomic mass is 32.1. The van der Waals surface area contributed by atoms with E-state index in [-0.39, 0.29) is 5.91 Å². The van der Waals surface area contributed by atoms with Crippen molar-refractivity contribution in [3.8, 4) is 0 Å². The van der Waals surface area contributed by atoms with Crippen LogP contribution in [0.3, 0.4) is 0 Å². The topological polar surface area (TPSA) is 54.0 Å². The molecule has 0 bridgehead atoms. The largest absolute Gasteiger partial charge is 0.324 e. The third-order valence-electron chi connectivity index (χ3n) is 2.94. The molecule has 1 aromatic heterocycles. The highest BCUT2D eigenvalue weighted by Crippen LogP contribution is 2.25. The fourth-order valence-corrected chi connectivity index (χ4v) is 2.79. The number of benzene rings is 1. The molecule has 0 aliphatic rings. The highest BCUT2D eigenvalue weighted by molar-refractivity contribution is 7.18. The summed E-state index contributed by atoms with van der Waals surface area (Å²) in [6, 6.07) is 5.80. The van der Waals surface area contributed by atoms with Crippen molar-refractivity contribution in [2.75, 3.05) is 11.9 Å². The van der Waals surface area contributed by atoms with Crippen LogP contribution in [0.15, 0.2) is 18.2 Å². The van der Waals surface area contributed by atoms with Crippen LogP contribution in [-0.2, 0) is 4.79 Å². The minimum atomic E-state index is -0.576. The predicted octanol–water partition coefficient (Wildman–Crippen LogP) is 2.93. The number of amides is 1. The van der Waals surface area contributed by atoms with Crippen molar-refractivity contribution in [3.63, 3.8) is 0 Å². The molecule has 0 unspecified atom stereocenters. The molecule has 102 valence electrons. The number of carbonyl (C=O) groups excluding carboxylic acids is 1. The standard InChI is InChI=1S/C14H19N3OS/c1-5-15-14(3,4)13(18)17-10-6-7-11-12(8-10)19-9(2)16-11/h6-8,15H,5H2,1-4H3,(H,17,18). The summed E-state index contributed by atoms with van der Waals surface area (Å²) in [6.45, 7) is 8.48. The van der Waals surface area contributed by atoms with Crippen molar-refractivity contribution in [1.82, 2.24) is 10.3 Å². The molecular formula is C14H19N3OS. The van der Waals surface area contributed by atoms with Gasteiger partial charge in [-0.2, -0.15) is 0 Å². The Morgan fingerprint density at radius 1 is 1.42 bits per heavy atom. The monoisotopic (exact) mass is 277 g/mol. The van der Waals surface area contributed by atoms with Crippen molar-refractivity contribution < 1.29 is 4.79 Å². The van der Waals surface area contributed by atoms with Gasteiger partial charge in [0, 0.05) is 5.69 Å². The van der Waals surface area contributed by atoms with Crippen LogP contribution in [0.4, 0.5) is 5.69 Å². The first-order chi connectivity index (χ1) is 8.92. The molecule has 5 heteroatoms. The summed E-state index contributed by atoms with van der Waals surface area (Å²) in [5.41, 5.74) is 1.21. The van der Waals surface area contributed by atoms with E-state index < -0.39 is 5.54 Å². The van der Waals surface area contributed by atoms with Gasteiger partial charge in [-0.25, -0.2) is 4.98 Å². The van der Waals surface area contributed by atoms with Crippen LogP contribution in [0.25, 0.3) is 10.2 Å². The second-order valence-corrected chi connectivity index (χ2v) is 6.26. The molecule has 2 aromatic rings. The maximum absolute atomic E-state index is 12.2. The van der Waals surface area contributed by atoms with E-state index in [9.17, 15) is 4.79 Å². The summed E-state index contributed by atoms with van der Waals surface area (Å²) in [6.07, 6.45) is 0. The first kappa shape index (κ1) is 14.0. The van der Waals surface area contributed by atoms with E-state index in [1.807, 2.05) is 45.9 Å². The second kappa shape index (κ2) is 5.27. The van der Waals surface area contributed by atoms with Gasteiger partial charge in [-0.05, 0) is 45.5 Å². The molecule has 0 saturated carbocycles. The van der Waals surface area contributed by atoms with Crippen LogP contribution in [0.1, 0.15) is 25.8 Å². The number of hydrogen-bond acceptors (Lipinski definition) is 4. The van der Waals surface area contributed by atoms with Gasteiger partial charge in [0.05, 0.1) is 20.8 Å². The fraction of sp³-hybridized carbons (Fsp3) is 0.429. The number of likely N-dealkylation sites (N-methyl/N-ethyl adjacent to an activating group) is 1. The summed E-state index contributed by atoms with van der Waals surface area (Å²) >= 11 is 1.63. The van der Waals surface area contributed by atoms with E-state index in [0.717, 1.165) is 27.5 Å². The molecule has 0 aliphatic heterocycles. The minimum Gasteiger partial charge on any atom is -0.324 e. The Morgan fingerprint density at radius 2 is 2.16 bits per heavy atom. The molecule has 0 saturated heterocycles. The number of rotatable bonds is 4. The van der Waals surface area contributed by atoms with Crippen LogP contribution in [0, 0.1) is 6.92 Å². The van der Waals surface area contributed by atoms with Gasteiger partial charge in [0.25, 0.3) is 0 Å². The number of hydrogen-bond donors (Lipinski definition) is 2. The van der Waals surface area contributed by atoms with E-state index in [0.29, 0.717) is 0 Å². The molecular weight excluding hydrogens is 258 g/mol. The lowest BCUT2D eigenvalue weighted by Crippen LogP contribution is -2.49. The Balaban J connectivity index is 2.19. The van der Waals surface area contributed by atoms with Crippen LogP contribution in [0.5, 0.6) is 0 Å². The van der Waals surface area contributed by atoms with Crippen molar-refractivity contribution >= 4 is 33.1 Å². The second-order valence-electron chi connectivity index (χ2n) is 5.02. The molecule has 0 fully saturated rings. The first-order valence-corrected chi connectivity index (χ1v) is 7.17. The lowest BCUT2D eigenvalue weighted by Gasteiger charge is -2.24. The van der Waals surface area contributed by atoms with Gasteiger partial charge in [0.1, 0.15) is 0 Å². The molecule has 0 radical (unpaired) electrons. The van der Waals surface area contributed by atoms with Gasteiger partial charge >= 0.3 is 0 Å². The van der Waals surface area contributed by atoms with E-state index in [4.69, 9.17) is 0 Å². The van der Waals surface area contributed by atoms with Gasteiger partial charge in [0.2, 0.25) is 5.91 Å². The zero-order valence-corrected chi connectivity index (χ0v) is 12.5. The Kier molecular flexibility index (Phi) is 3.87. The molecule has 0 aliphatic carbocycles. The van der Waals surface area contributed by atoms with Crippen molar-refractivity contribution in [2.24, 2.45) is 0 Å².